The zero-order valence-electron chi connectivity index (χ0n) is 16.0. The molecule has 0 aromatic heterocycles. The van der Waals surface area contributed by atoms with Crippen LogP contribution in [0.1, 0.15) is 50.5 Å². The van der Waals surface area contributed by atoms with Crippen LogP contribution < -0.4 is 5.73 Å². The Hall–Kier alpha value is -1.84. The van der Waals surface area contributed by atoms with Gasteiger partial charge in [0.25, 0.3) is 0 Å². The van der Waals surface area contributed by atoms with Crippen LogP contribution in [0.3, 0.4) is 0 Å². The Morgan fingerprint density at radius 3 is 2.30 bits per heavy atom. The molecule has 1 saturated heterocycles. The highest BCUT2D eigenvalue weighted by Gasteiger charge is 2.52. The lowest BCUT2D eigenvalue weighted by Crippen LogP contribution is -2.41. The van der Waals surface area contributed by atoms with Gasteiger partial charge in [-0.3, -0.25) is 4.79 Å². The molecule has 1 aromatic rings. The van der Waals surface area contributed by atoms with E-state index in [1.54, 1.807) is 0 Å². The molecule has 0 spiro atoms. The van der Waals surface area contributed by atoms with Crippen LogP contribution in [0.2, 0.25) is 0 Å². The van der Waals surface area contributed by atoms with Crippen LogP contribution in [0, 0.1) is 5.82 Å². The molecule has 1 aromatic carbocycles. The quantitative estimate of drug-likeness (QED) is 0.582. The fraction of sp³-hybridized carbons (Fsp3) is 0.444. The van der Waals surface area contributed by atoms with Crippen molar-refractivity contribution in [2.45, 2.75) is 45.8 Å². The SMILES string of the molecule is CC(=O)SCC(=Cc1cc(C(=O)O)c(N)cc1F)B1OC(C)(C)C(C)(C)O1. The van der Waals surface area contributed by atoms with Gasteiger partial charge >= 0.3 is 13.1 Å². The van der Waals surface area contributed by atoms with Gasteiger partial charge in [-0.05, 0) is 45.3 Å². The predicted molar refractivity (Wildman–Crippen MR) is 105 cm³/mol. The van der Waals surface area contributed by atoms with E-state index >= 15 is 0 Å². The number of aromatic carboxylic acids is 1. The highest BCUT2D eigenvalue weighted by atomic mass is 32.2. The molecule has 6 nitrogen and oxygen atoms in total. The number of carboxylic acids is 1. The van der Waals surface area contributed by atoms with Crippen molar-refractivity contribution in [3.63, 3.8) is 0 Å². The zero-order valence-corrected chi connectivity index (χ0v) is 16.8. The Labute approximate surface area is 162 Å². The molecule has 0 atom stereocenters. The average molecular weight is 395 g/mol. The number of hydrogen-bond donors (Lipinski definition) is 2. The number of nitrogens with two attached hydrogens (primary N) is 1. The molecule has 0 unspecified atom stereocenters. The first-order chi connectivity index (χ1) is 12.3. The summed E-state index contributed by atoms with van der Waals surface area (Å²) in [4.78, 5) is 22.7. The number of carboxylic acid groups (broad SMARTS) is 1. The number of nitrogen functional groups attached to an aromatic ring is 1. The summed E-state index contributed by atoms with van der Waals surface area (Å²) in [6.07, 6.45) is 1.46. The van der Waals surface area contributed by atoms with Crippen molar-refractivity contribution < 1.29 is 28.4 Å². The molecular weight excluding hydrogens is 372 g/mol. The van der Waals surface area contributed by atoms with Gasteiger partial charge in [-0.15, -0.1) is 0 Å². The summed E-state index contributed by atoms with van der Waals surface area (Å²) in [5.41, 5.74) is 4.56. The van der Waals surface area contributed by atoms with Crippen LogP contribution in [0.15, 0.2) is 17.6 Å². The minimum atomic E-state index is -1.25. The van der Waals surface area contributed by atoms with E-state index in [9.17, 15) is 19.1 Å². The summed E-state index contributed by atoms with van der Waals surface area (Å²) >= 11 is 1.03. The van der Waals surface area contributed by atoms with Crippen LogP contribution in [0.5, 0.6) is 0 Å². The van der Waals surface area contributed by atoms with E-state index < -0.39 is 30.1 Å². The Morgan fingerprint density at radius 1 is 1.26 bits per heavy atom. The van der Waals surface area contributed by atoms with Gasteiger partial charge < -0.3 is 20.1 Å². The number of halogens is 1. The van der Waals surface area contributed by atoms with Crippen molar-refractivity contribution in [2.75, 3.05) is 11.5 Å². The third-order valence-electron chi connectivity index (χ3n) is 4.74. The molecule has 1 aliphatic rings. The smallest absolute Gasteiger partial charge is 0.478 e. The van der Waals surface area contributed by atoms with Gasteiger partial charge in [-0.1, -0.05) is 17.8 Å². The Morgan fingerprint density at radius 2 is 1.81 bits per heavy atom. The van der Waals surface area contributed by atoms with Crippen LogP contribution in [-0.2, 0) is 14.1 Å². The zero-order chi connectivity index (χ0) is 20.6. The van der Waals surface area contributed by atoms with Crippen molar-refractivity contribution in [1.82, 2.24) is 0 Å². The highest BCUT2D eigenvalue weighted by molar-refractivity contribution is 8.13. The van der Waals surface area contributed by atoms with E-state index in [4.69, 9.17) is 15.0 Å². The van der Waals surface area contributed by atoms with Crippen molar-refractivity contribution in [1.29, 1.82) is 0 Å². The number of anilines is 1. The number of carbonyl (C=O) groups is 2. The van der Waals surface area contributed by atoms with Crippen LogP contribution in [0.25, 0.3) is 6.08 Å². The molecule has 0 aliphatic carbocycles. The van der Waals surface area contributed by atoms with Crippen molar-refractivity contribution in [3.05, 3.63) is 34.5 Å². The summed E-state index contributed by atoms with van der Waals surface area (Å²) < 4.78 is 26.4. The van der Waals surface area contributed by atoms with Crippen LogP contribution >= 0.6 is 11.8 Å². The van der Waals surface area contributed by atoms with Gasteiger partial charge in [0, 0.05) is 23.9 Å². The summed E-state index contributed by atoms with van der Waals surface area (Å²) in [6.45, 7) is 8.97. The lowest BCUT2D eigenvalue weighted by atomic mass is 9.78. The third kappa shape index (κ3) is 4.72. The molecule has 2 rings (SSSR count). The first-order valence-corrected chi connectivity index (χ1v) is 9.34. The van der Waals surface area contributed by atoms with Gasteiger partial charge in [0.2, 0.25) is 0 Å². The lowest BCUT2D eigenvalue weighted by Gasteiger charge is -2.32. The average Bonchev–Trinajstić information content (AvgIpc) is 2.72. The van der Waals surface area contributed by atoms with E-state index in [0.717, 1.165) is 23.9 Å². The maximum Gasteiger partial charge on any atom is 0.491 e. The first kappa shape index (κ1) is 21.5. The second kappa shape index (κ2) is 7.65. The predicted octanol–water partition coefficient (Wildman–Crippen LogP) is 3.40. The molecule has 1 heterocycles. The summed E-state index contributed by atoms with van der Waals surface area (Å²) in [5, 5.41) is 9.11. The lowest BCUT2D eigenvalue weighted by molar-refractivity contribution is -0.109. The van der Waals surface area contributed by atoms with E-state index in [2.05, 4.69) is 0 Å². The number of thioether (sulfide) groups is 1. The van der Waals surface area contributed by atoms with Crippen LogP contribution in [-0.4, -0.2) is 40.3 Å². The molecule has 1 aliphatic heterocycles. The molecule has 146 valence electrons. The van der Waals surface area contributed by atoms with E-state index in [1.165, 1.54) is 13.0 Å². The van der Waals surface area contributed by atoms with E-state index in [0.29, 0.717) is 5.47 Å². The third-order valence-corrected chi connectivity index (χ3v) is 5.62. The largest absolute Gasteiger partial charge is 0.491 e. The highest BCUT2D eigenvalue weighted by Crippen LogP contribution is 2.39. The number of rotatable bonds is 5. The van der Waals surface area contributed by atoms with Crippen LogP contribution in [0.4, 0.5) is 10.1 Å². The van der Waals surface area contributed by atoms with E-state index in [1.807, 2.05) is 27.7 Å². The number of hydrogen-bond acceptors (Lipinski definition) is 6. The summed E-state index contributed by atoms with van der Waals surface area (Å²) in [6, 6.07) is 2.13. The second-order valence-corrected chi connectivity index (χ2v) is 8.51. The summed E-state index contributed by atoms with van der Waals surface area (Å²) in [7, 11) is -0.785. The topological polar surface area (TPSA) is 98.9 Å². The molecule has 3 N–H and O–H groups in total. The molecule has 27 heavy (non-hydrogen) atoms. The van der Waals surface area contributed by atoms with Gasteiger partial charge in [0.1, 0.15) is 5.82 Å². The first-order valence-electron chi connectivity index (χ1n) is 8.36. The van der Waals surface area contributed by atoms with Crippen molar-refractivity contribution >= 4 is 41.7 Å². The fourth-order valence-corrected chi connectivity index (χ4v) is 3.05. The minimum Gasteiger partial charge on any atom is -0.478 e. The van der Waals surface area contributed by atoms with Gasteiger partial charge in [0.05, 0.1) is 16.8 Å². The van der Waals surface area contributed by atoms with Gasteiger partial charge in [-0.25, -0.2) is 9.18 Å². The molecule has 0 radical (unpaired) electrons. The standard InChI is InChI=1S/C18H23BFNO5S/c1-10(22)27-9-12(19-25-17(2,3)18(4,5)26-19)6-11-7-13(16(23)24)15(21)8-14(11)20/h6-8H,9,21H2,1-5H3,(H,23,24). The van der Waals surface area contributed by atoms with Crippen molar-refractivity contribution in [3.8, 4) is 0 Å². The Kier molecular flexibility index (Phi) is 6.08. The van der Waals surface area contributed by atoms with E-state index in [-0.39, 0.29) is 27.7 Å². The maximum atomic E-state index is 14.4. The molecule has 0 amide bonds. The minimum absolute atomic E-state index is 0.0375. The Balaban J connectivity index is 2.47. The Bertz CT molecular complexity index is 793. The van der Waals surface area contributed by atoms with Crippen molar-refractivity contribution in [2.24, 2.45) is 0 Å². The maximum absolute atomic E-state index is 14.4. The molecule has 0 saturated carbocycles. The molecular formula is C18H23BFNO5S. The monoisotopic (exact) mass is 395 g/mol. The normalized spacial score (nSPS) is 18.6. The van der Waals surface area contributed by atoms with Gasteiger partial charge in [0.15, 0.2) is 5.12 Å². The van der Waals surface area contributed by atoms with Gasteiger partial charge in [-0.2, -0.15) is 0 Å². The number of carbonyl (C=O) groups excluding carboxylic acids is 1. The molecule has 0 bridgehead atoms. The molecule has 1 fully saturated rings. The second-order valence-electron chi connectivity index (χ2n) is 7.35. The summed E-state index contributed by atoms with van der Waals surface area (Å²) in [5.74, 6) is -1.70. The fourth-order valence-electron chi connectivity index (χ4n) is 2.46. The molecule has 9 heteroatoms. The number of benzene rings is 1.